The maximum atomic E-state index is 12.7. The van der Waals surface area contributed by atoms with Gasteiger partial charge >= 0.3 is 18.0 Å². The van der Waals surface area contributed by atoms with Crippen LogP contribution in [0.3, 0.4) is 0 Å². The molecule has 31 heavy (non-hydrogen) atoms. The molecular formula is C22H31NO8. The summed E-state index contributed by atoms with van der Waals surface area (Å²) in [5.74, 6) is -1.24. The van der Waals surface area contributed by atoms with E-state index in [1.165, 1.54) is 0 Å². The Hall–Kier alpha value is -2.97. The van der Waals surface area contributed by atoms with Crippen molar-refractivity contribution in [3.05, 3.63) is 24.3 Å². The third-order valence-electron chi connectivity index (χ3n) is 4.90. The van der Waals surface area contributed by atoms with E-state index in [0.29, 0.717) is 11.5 Å². The fourth-order valence-electron chi connectivity index (χ4n) is 3.10. The fraction of sp³-hybridized carbons (Fsp3) is 0.591. The first-order valence-corrected chi connectivity index (χ1v) is 10.3. The topological polar surface area (TPSA) is 112 Å². The van der Waals surface area contributed by atoms with E-state index in [0.717, 1.165) is 4.90 Å². The molecule has 1 N–H and O–H groups in total. The van der Waals surface area contributed by atoms with E-state index in [4.69, 9.17) is 18.9 Å². The number of carbonyl (C=O) groups excluding carboxylic acids is 2. The molecule has 0 spiro atoms. The number of amides is 1. The average Bonchev–Trinajstić information content (AvgIpc) is 3.16. The van der Waals surface area contributed by atoms with E-state index in [9.17, 15) is 19.5 Å². The number of esters is 1. The van der Waals surface area contributed by atoms with Crippen molar-refractivity contribution in [1.29, 1.82) is 0 Å². The Labute approximate surface area is 182 Å². The molecule has 1 aromatic carbocycles. The molecule has 1 aliphatic heterocycles. The van der Waals surface area contributed by atoms with Crippen LogP contribution in [0.1, 0.15) is 34.1 Å². The number of aliphatic carboxylic acids is 1. The van der Waals surface area contributed by atoms with Gasteiger partial charge in [-0.05, 0) is 18.6 Å². The van der Waals surface area contributed by atoms with Crippen LogP contribution < -0.4 is 9.47 Å². The monoisotopic (exact) mass is 437 g/mol. The predicted octanol–water partition coefficient (Wildman–Crippen LogP) is 3.17. The number of nitrogens with zero attached hydrogens (tertiary/aromatic N) is 1. The molecule has 2 rings (SSSR count). The summed E-state index contributed by atoms with van der Waals surface area (Å²) in [6.45, 7) is 7.23. The molecule has 3 atom stereocenters. The second-order valence-corrected chi connectivity index (χ2v) is 8.19. The van der Waals surface area contributed by atoms with E-state index in [1.54, 1.807) is 59.1 Å². The molecule has 1 amide bonds. The lowest BCUT2D eigenvalue weighted by molar-refractivity contribution is -0.181. The Morgan fingerprint density at radius 3 is 2.39 bits per heavy atom. The Kier molecular flexibility index (Phi) is 8.53. The number of carbonyl (C=O) groups is 3. The third-order valence-corrected chi connectivity index (χ3v) is 4.90. The van der Waals surface area contributed by atoms with Gasteiger partial charge in [-0.1, -0.05) is 33.8 Å². The first-order valence-electron chi connectivity index (χ1n) is 10.3. The highest BCUT2D eigenvalue weighted by Crippen LogP contribution is 2.27. The summed E-state index contributed by atoms with van der Waals surface area (Å²) in [5.41, 5.74) is 0. The molecule has 172 valence electrons. The molecule has 1 saturated heterocycles. The minimum Gasteiger partial charge on any atom is -0.497 e. The number of hydrogen-bond donors (Lipinski definition) is 1. The number of carboxylic acids is 1. The van der Waals surface area contributed by atoms with Crippen molar-refractivity contribution >= 4 is 18.0 Å². The molecule has 0 aromatic heterocycles. The highest BCUT2D eigenvalue weighted by atomic mass is 16.7. The summed E-state index contributed by atoms with van der Waals surface area (Å²) in [4.78, 5) is 37.5. The van der Waals surface area contributed by atoms with Crippen LogP contribution in [-0.2, 0) is 19.1 Å². The Balaban J connectivity index is 2.01. The van der Waals surface area contributed by atoms with Gasteiger partial charge in [-0.3, -0.25) is 9.69 Å². The van der Waals surface area contributed by atoms with Crippen LogP contribution in [-0.4, -0.2) is 60.6 Å². The van der Waals surface area contributed by atoms with Crippen LogP contribution >= 0.6 is 0 Å². The minimum absolute atomic E-state index is 0.155. The van der Waals surface area contributed by atoms with E-state index >= 15 is 0 Å². The van der Waals surface area contributed by atoms with Crippen molar-refractivity contribution in [1.82, 2.24) is 4.90 Å². The highest BCUT2D eigenvalue weighted by molar-refractivity contribution is 5.81. The molecule has 1 aromatic rings. The standard InChI is InChI=1S/C22H31NO8/c1-13(2)20(26)30-21(14(3)4)31-22(27)23-11-15(9-18(23)19(24)25)12-29-17-8-6-7-16(10-17)28-5/h6-8,10,13-15,18,21H,9,11-12H2,1-5H3,(H,24,25)/t15-,18-,21-/m0/s1. The van der Waals surface area contributed by atoms with Crippen LogP contribution in [0.5, 0.6) is 11.5 Å². The molecule has 0 aliphatic carbocycles. The minimum atomic E-state index is -1.12. The van der Waals surface area contributed by atoms with Crippen molar-refractivity contribution in [3.8, 4) is 11.5 Å². The van der Waals surface area contributed by atoms with E-state index < -0.39 is 30.4 Å². The lowest BCUT2D eigenvalue weighted by Gasteiger charge is -2.27. The van der Waals surface area contributed by atoms with Gasteiger partial charge < -0.3 is 24.1 Å². The molecule has 9 heteroatoms. The SMILES string of the molecule is COc1cccc(OC[C@H]2C[C@@H](C(=O)O)N(C(=O)O[C@H](OC(=O)C(C)C)C(C)C)C2)c1. The highest BCUT2D eigenvalue weighted by Gasteiger charge is 2.42. The lowest BCUT2D eigenvalue weighted by atomic mass is 10.1. The van der Waals surface area contributed by atoms with Gasteiger partial charge in [0, 0.05) is 24.4 Å². The fourth-order valence-corrected chi connectivity index (χ4v) is 3.10. The number of methoxy groups -OCH3 is 1. The average molecular weight is 437 g/mol. The summed E-state index contributed by atoms with van der Waals surface area (Å²) in [7, 11) is 1.56. The van der Waals surface area contributed by atoms with Gasteiger partial charge in [-0.2, -0.15) is 0 Å². The smallest absolute Gasteiger partial charge is 0.413 e. The molecule has 0 unspecified atom stereocenters. The molecule has 1 heterocycles. The van der Waals surface area contributed by atoms with Crippen LogP contribution in [0, 0.1) is 17.8 Å². The van der Waals surface area contributed by atoms with Gasteiger partial charge in [-0.15, -0.1) is 0 Å². The van der Waals surface area contributed by atoms with Gasteiger partial charge in [0.15, 0.2) is 0 Å². The zero-order valence-corrected chi connectivity index (χ0v) is 18.6. The number of hydrogen-bond acceptors (Lipinski definition) is 7. The van der Waals surface area contributed by atoms with Crippen molar-refractivity contribution in [2.24, 2.45) is 17.8 Å². The van der Waals surface area contributed by atoms with E-state index in [2.05, 4.69) is 0 Å². The normalized spacial score (nSPS) is 19.3. The van der Waals surface area contributed by atoms with Gasteiger partial charge in [0.05, 0.1) is 19.6 Å². The van der Waals surface area contributed by atoms with Crippen LogP contribution in [0.15, 0.2) is 24.3 Å². The lowest BCUT2D eigenvalue weighted by Crippen LogP contribution is -2.43. The number of carboxylic acid groups (broad SMARTS) is 1. The Morgan fingerprint density at radius 2 is 1.81 bits per heavy atom. The summed E-state index contributed by atoms with van der Waals surface area (Å²) in [6, 6.07) is 6.04. The molecule has 9 nitrogen and oxygen atoms in total. The van der Waals surface area contributed by atoms with Gasteiger partial charge in [0.25, 0.3) is 6.29 Å². The third kappa shape index (κ3) is 6.77. The van der Waals surface area contributed by atoms with E-state index in [-0.39, 0.29) is 37.3 Å². The maximum absolute atomic E-state index is 12.7. The number of rotatable bonds is 9. The second kappa shape index (κ2) is 10.9. The summed E-state index contributed by atoms with van der Waals surface area (Å²) >= 11 is 0. The zero-order chi connectivity index (χ0) is 23.1. The molecule has 1 aliphatic rings. The molecule has 0 bridgehead atoms. The maximum Gasteiger partial charge on any atom is 0.413 e. The number of benzene rings is 1. The van der Waals surface area contributed by atoms with Crippen molar-refractivity contribution in [3.63, 3.8) is 0 Å². The van der Waals surface area contributed by atoms with Crippen molar-refractivity contribution < 1.29 is 38.4 Å². The Morgan fingerprint density at radius 1 is 1.13 bits per heavy atom. The molecule has 0 radical (unpaired) electrons. The Bertz CT molecular complexity index is 779. The largest absolute Gasteiger partial charge is 0.497 e. The van der Waals surface area contributed by atoms with Gasteiger partial charge in [0.1, 0.15) is 17.5 Å². The quantitative estimate of drug-likeness (QED) is 0.463. The van der Waals surface area contributed by atoms with Gasteiger partial charge in [0.2, 0.25) is 0 Å². The summed E-state index contributed by atoms with van der Waals surface area (Å²) in [5, 5.41) is 9.57. The molecule has 1 fully saturated rings. The second-order valence-electron chi connectivity index (χ2n) is 8.19. The number of likely N-dealkylation sites (tertiary alicyclic amines) is 1. The predicted molar refractivity (Wildman–Crippen MR) is 111 cm³/mol. The first kappa shape index (κ1) is 24.3. The van der Waals surface area contributed by atoms with E-state index in [1.807, 2.05) is 0 Å². The summed E-state index contributed by atoms with van der Waals surface area (Å²) in [6.07, 6.45) is -1.69. The van der Waals surface area contributed by atoms with Crippen LogP contribution in [0.25, 0.3) is 0 Å². The zero-order valence-electron chi connectivity index (χ0n) is 18.6. The molecule has 0 saturated carbocycles. The van der Waals surface area contributed by atoms with Crippen LogP contribution in [0.2, 0.25) is 0 Å². The van der Waals surface area contributed by atoms with Gasteiger partial charge in [-0.25, -0.2) is 9.59 Å². The molecular weight excluding hydrogens is 406 g/mol. The summed E-state index contributed by atoms with van der Waals surface area (Å²) < 4.78 is 21.5. The van der Waals surface area contributed by atoms with Crippen molar-refractivity contribution in [2.75, 3.05) is 20.3 Å². The first-order chi connectivity index (χ1) is 14.6. The number of ether oxygens (including phenoxy) is 4. The van der Waals surface area contributed by atoms with Crippen LogP contribution in [0.4, 0.5) is 4.79 Å². The van der Waals surface area contributed by atoms with Crippen molar-refractivity contribution in [2.45, 2.75) is 46.4 Å².